The summed E-state index contributed by atoms with van der Waals surface area (Å²) in [4.78, 5) is 34.3. The van der Waals surface area contributed by atoms with Gasteiger partial charge >= 0.3 is 0 Å². The fraction of sp³-hybridized carbons (Fsp3) is 0.133. The van der Waals surface area contributed by atoms with Gasteiger partial charge in [0.05, 0.1) is 0 Å². The second-order valence-electron chi connectivity index (χ2n) is 9.28. The Balaban J connectivity index is 1.47. The van der Waals surface area contributed by atoms with Crippen LogP contribution in [-0.2, 0) is 22.7 Å². The number of amides is 2. The van der Waals surface area contributed by atoms with E-state index in [2.05, 4.69) is 25.7 Å². The number of hydrogen-bond acceptors (Lipinski definition) is 6. The Hall–Kier alpha value is -4.96. The topological polar surface area (TPSA) is 106 Å². The maximum Gasteiger partial charge on any atom is 0.251 e. The maximum atomic E-state index is 13.9. The van der Waals surface area contributed by atoms with E-state index < -0.39 is 17.9 Å². The molecule has 9 nitrogen and oxygen atoms in total. The van der Waals surface area contributed by atoms with E-state index in [0.717, 1.165) is 11.1 Å². The van der Waals surface area contributed by atoms with Gasteiger partial charge in [-0.05, 0) is 71.8 Å². The monoisotopic (exact) mass is 569 g/mol. The van der Waals surface area contributed by atoms with Gasteiger partial charge in [0.15, 0.2) is 0 Å². The van der Waals surface area contributed by atoms with Crippen molar-refractivity contribution in [1.29, 1.82) is 0 Å². The average Bonchev–Trinajstić information content (AvgIpc) is 3.45. The largest absolute Gasteiger partial charge is 0.350 e. The summed E-state index contributed by atoms with van der Waals surface area (Å²) in [6, 6.07) is 22.3. The van der Waals surface area contributed by atoms with Gasteiger partial charge in [-0.15, -0.1) is 10.2 Å². The number of aromatic nitrogens is 5. The van der Waals surface area contributed by atoms with E-state index in [1.165, 1.54) is 21.8 Å². The minimum absolute atomic E-state index is 0.133. The van der Waals surface area contributed by atoms with Crippen LogP contribution in [0.3, 0.4) is 0 Å². The van der Waals surface area contributed by atoms with Gasteiger partial charge in [0, 0.05) is 35.2 Å². The molecule has 0 aliphatic heterocycles. The maximum absolute atomic E-state index is 13.9. The zero-order chi connectivity index (χ0) is 28.8. The molecule has 0 radical (unpaired) electrons. The van der Waals surface area contributed by atoms with Crippen molar-refractivity contribution in [1.82, 2.24) is 30.5 Å². The number of carbonyl (C=O) groups is 2. The fourth-order valence-electron chi connectivity index (χ4n) is 4.22. The molecule has 0 saturated carbocycles. The van der Waals surface area contributed by atoms with E-state index in [1.54, 1.807) is 60.9 Å². The van der Waals surface area contributed by atoms with Gasteiger partial charge in [-0.2, -0.15) is 4.80 Å². The molecule has 41 heavy (non-hydrogen) atoms. The lowest BCUT2D eigenvalue weighted by atomic mass is 10.0. The lowest BCUT2D eigenvalue weighted by molar-refractivity contribution is -0.127. The van der Waals surface area contributed by atoms with Crippen LogP contribution >= 0.6 is 11.6 Å². The van der Waals surface area contributed by atoms with E-state index in [1.807, 2.05) is 31.2 Å². The third-order valence-corrected chi connectivity index (χ3v) is 6.57. The molecule has 2 aromatic heterocycles. The van der Waals surface area contributed by atoms with Gasteiger partial charge in [0.2, 0.25) is 11.7 Å². The van der Waals surface area contributed by atoms with Crippen LogP contribution < -0.4 is 10.2 Å². The van der Waals surface area contributed by atoms with Crippen molar-refractivity contribution in [3.05, 3.63) is 125 Å². The Kier molecular flexibility index (Phi) is 8.40. The molecule has 2 amide bonds. The molecule has 5 rings (SSSR count). The zero-order valence-electron chi connectivity index (χ0n) is 22.0. The zero-order valence-corrected chi connectivity index (χ0v) is 22.7. The standard InChI is InChI=1S/C30H25ClFN7O2/c1-20-2-6-23(7-3-20)29-35-37-38(36-29)19-27(40)39(26-12-8-24(31)9-13-26)28(22-14-16-33-17-15-22)30(41)34-18-21-4-10-25(32)11-5-21/h2-17,28H,18-19H2,1H3,(H,34,41)/t28-/m1/s1. The highest BCUT2D eigenvalue weighted by Gasteiger charge is 2.33. The number of benzene rings is 3. The predicted octanol–water partition coefficient (Wildman–Crippen LogP) is 4.93. The highest BCUT2D eigenvalue weighted by Crippen LogP contribution is 2.29. The van der Waals surface area contributed by atoms with Crippen molar-refractivity contribution in [2.45, 2.75) is 26.1 Å². The number of rotatable bonds is 9. The molecule has 0 aliphatic rings. The van der Waals surface area contributed by atoms with Gasteiger partial charge in [0.1, 0.15) is 18.4 Å². The van der Waals surface area contributed by atoms with Crippen LogP contribution in [0.2, 0.25) is 5.02 Å². The number of aryl methyl sites for hydroxylation is 1. The molecule has 1 N–H and O–H groups in total. The number of carbonyl (C=O) groups excluding carboxylic acids is 2. The van der Waals surface area contributed by atoms with Crippen LogP contribution in [0.1, 0.15) is 22.7 Å². The Morgan fingerprint density at radius 2 is 1.63 bits per heavy atom. The van der Waals surface area contributed by atoms with E-state index in [4.69, 9.17) is 11.6 Å². The molecule has 0 unspecified atom stereocenters. The second kappa shape index (κ2) is 12.5. The number of anilines is 1. The van der Waals surface area contributed by atoms with Crippen LogP contribution in [0, 0.1) is 12.7 Å². The highest BCUT2D eigenvalue weighted by atomic mass is 35.5. The van der Waals surface area contributed by atoms with Crippen molar-refractivity contribution in [3.8, 4) is 11.4 Å². The van der Waals surface area contributed by atoms with E-state index in [9.17, 15) is 14.0 Å². The van der Waals surface area contributed by atoms with Gasteiger partial charge in [-0.3, -0.25) is 19.5 Å². The number of halogens is 2. The number of hydrogen-bond donors (Lipinski definition) is 1. The fourth-order valence-corrected chi connectivity index (χ4v) is 4.34. The lowest BCUT2D eigenvalue weighted by Gasteiger charge is -2.31. The Labute approximate surface area is 240 Å². The van der Waals surface area contributed by atoms with Crippen LogP contribution in [-0.4, -0.2) is 37.0 Å². The second-order valence-corrected chi connectivity index (χ2v) is 9.71. The molecule has 0 saturated heterocycles. The summed E-state index contributed by atoms with van der Waals surface area (Å²) in [5.74, 6) is -0.908. The Morgan fingerprint density at radius 3 is 2.32 bits per heavy atom. The molecule has 206 valence electrons. The molecule has 0 bridgehead atoms. The van der Waals surface area contributed by atoms with Crippen LogP contribution in [0.5, 0.6) is 0 Å². The van der Waals surface area contributed by atoms with Crippen LogP contribution in [0.15, 0.2) is 97.3 Å². The molecule has 11 heteroatoms. The molecule has 2 heterocycles. The van der Waals surface area contributed by atoms with E-state index >= 15 is 0 Å². The van der Waals surface area contributed by atoms with Crippen molar-refractivity contribution in [2.24, 2.45) is 0 Å². The van der Waals surface area contributed by atoms with Gasteiger partial charge in [-0.25, -0.2) is 4.39 Å². The third-order valence-electron chi connectivity index (χ3n) is 6.32. The summed E-state index contributed by atoms with van der Waals surface area (Å²) < 4.78 is 13.4. The normalized spacial score (nSPS) is 11.6. The summed E-state index contributed by atoms with van der Waals surface area (Å²) in [6.07, 6.45) is 3.10. The van der Waals surface area contributed by atoms with Crippen LogP contribution in [0.25, 0.3) is 11.4 Å². The number of nitrogens with one attached hydrogen (secondary N) is 1. The van der Waals surface area contributed by atoms with Crippen LogP contribution in [0.4, 0.5) is 10.1 Å². The number of pyridine rings is 1. The SMILES string of the molecule is Cc1ccc(-c2nnn(CC(=O)N(c3ccc(Cl)cc3)[C@@H](C(=O)NCc3ccc(F)cc3)c3ccncc3)n2)cc1. The molecule has 0 spiro atoms. The molecule has 0 aliphatic carbocycles. The van der Waals surface area contributed by atoms with Gasteiger partial charge < -0.3 is 5.32 Å². The Bertz CT molecular complexity index is 1630. The quantitative estimate of drug-likeness (QED) is 0.270. The smallest absolute Gasteiger partial charge is 0.251 e. The average molecular weight is 570 g/mol. The van der Waals surface area contributed by atoms with Crippen molar-refractivity contribution < 1.29 is 14.0 Å². The first kappa shape index (κ1) is 27.6. The van der Waals surface area contributed by atoms with Crippen molar-refractivity contribution >= 4 is 29.1 Å². The van der Waals surface area contributed by atoms with Gasteiger partial charge in [-0.1, -0.05) is 53.6 Å². The number of nitrogens with zero attached hydrogens (tertiary/aromatic N) is 6. The first-order valence-corrected chi connectivity index (χ1v) is 13.1. The molecule has 5 aromatic rings. The van der Waals surface area contributed by atoms with E-state index in [0.29, 0.717) is 27.7 Å². The molecular weight excluding hydrogens is 545 g/mol. The molecule has 3 aromatic carbocycles. The molecule has 1 atom stereocenters. The van der Waals surface area contributed by atoms with Crippen molar-refractivity contribution in [3.63, 3.8) is 0 Å². The molecule has 0 fully saturated rings. The summed E-state index contributed by atoms with van der Waals surface area (Å²) in [7, 11) is 0. The minimum Gasteiger partial charge on any atom is -0.350 e. The highest BCUT2D eigenvalue weighted by molar-refractivity contribution is 6.30. The summed E-state index contributed by atoms with van der Waals surface area (Å²) in [5, 5.41) is 15.9. The predicted molar refractivity (Wildman–Crippen MR) is 152 cm³/mol. The Morgan fingerprint density at radius 1 is 0.951 bits per heavy atom. The first-order valence-electron chi connectivity index (χ1n) is 12.7. The number of tetrazole rings is 1. The third kappa shape index (κ3) is 6.79. The van der Waals surface area contributed by atoms with Gasteiger partial charge in [0.25, 0.3) is 5.91 Å². The lowest BCUT2D eigenvalue weighted by Crippen LogP contribution is -2.45. The van der Waals surface area contributed by atoms with Crippen molar-refractivity contribution in [2.75, 3.05) is 4.90 Å². The molecular formula is C30H25ClFN7O2. The minimum atomic E-state index is -1.08. The summed E-state index contributed by atoms with van der Waals surface area (Å²) in [5.41, 5.74) is 3.53. The summed E-state index contributed by atoms with van der Waals surface area (Å²) >= 11 is 6.13. The summed E-state index contributed by atoms with van der Waals surface area (Å²) in [6.45, 7) is 1.83. The first-order chi connectivity index (χ1) is 19.9. The van der Waals surface area contributed by atoms with E-state index in [-0.39, 0.29) is 18.9 Å².